The van der Waals surface area contributed by atoms with Crippen molar-refractivity contribution in [3.05, 3.63) is 54.1 Å². The summed E-state index contributed by atoms with van der Waals surface area (Å²) in [6.07, 6.45) is 2.05. The number of thioether (sulfide) groups is 1. The van der Waals surface area contributed by atoms with E-state index in [-0.39, 0.29) is 39.7 Å². The number of sulfone groups is 1. The molecule has 0 bridgehead atoms. The van der Waals surface area contributed by atoms with Crippen molar-refractivity contribution in [1.82, 2.24) is 5.32 Å². The van der Waals surface area contributed by atoms with Gasteiger partial charge in [-0.2, -0.15) is 30.4 Å². The van der Waals surface area contributed by atoms with Crippen molar-refractivity contribution in [2.24, 2.45) is 20.5 Å². The molecule has 0 aromatic heterocycles. The molecule has 0 heterocycles. The fraction of sp³-hybridized carbons (Fsp3) is 0.250. The lowest BCUT2D eigenvalue weighted by Crippen LogP contribution is -2.30. The Kier molecular flexibility index (Phi) is 17.2. The molecule has 3 aromatic carbocycles. The van der Waals surface area contributed by atoms with Gasteiger partial charge in [-0.3, -0.25) is 23.3 Å². The summed E-state index contributed by atoms with van der Waals surface area (Å²) in [4.78, 5) is 14.9. The average molecular weight is 884 g/mol. The Balaban J connectivity index is 0.0000108. The van der Waals surface area contributed by atoms with Crippen LogP contribution in [0.1, 0.15) is 23.7 Å². The molecule has 3 rings (SSSR count). The molecule has 0 aliphatic heterocycles. The van der Waals surface area contributed by atoms with Gasteiger partial charge in [0.15, 0.2) is 15.9 Å². The summed E-state index contributed by atoms with van der Waals surface area (Å²) >= 11 is 0.559. The molecular weight excluding hydrogens is 851 g/mol. The van der Waals surface area contributed by atoms with Crippen LogP contribution in [0.25, 0.3) is 0 Å². The third-order valence-electron chi connectivity index (χ3n) is 6.46. The summed E-state index contributed by atoms with van der Waals surface area (Å²) in [6, 6.07) is 9.33. The number of rotatable bonds is 18. The molecule has 0 spiro atoms. The maximum atomic E-state index is 12.7. The second-order valence-corrected chi connectivity index (χ2v) is 17.4. The van der Waals surface area contributed by atoms with E-state index in [9.17, 15) is 47.6 Å². The van der Waals surface area contributed by atoms with Crippen LogP contribution in [0, 0.1) is 11.4 Å². The van der Waals surface area contributed by atoms with E-state index in [2.05, 4.69) is 40.2 Å². The lowest BCUT2D eigenvalue weighted by atomic mass is 10.2. The van der Waals surface area contributed by atoms with Crippen LogP contribution < -0.4 is 16.8 Å². The highest BCUT2D eigenvalue weighted by Gasteiger charge is 2.23. The Morgan fingerprint density at radius 1 is 0.839 bits per heavy atom. The molecule has 0 unspecified atom stereocenters. The number of amides is 1. The van der Waals surface area contributed by atoms with Gasteiger partial charge in [-0.25, -0.2) is 8.42 Å². The Bertz CT molecular complexity index is 2490. The van der Waals surface area contributed by atoms with Gasteiger partial charge in [0, 0.05) is 35.5 Å². The van der Waals surface area contributed by atoms with Crippen LogP contribution in [0.15, 0.2) is 83.7 Å². The molecule has 3 aromatic rings. The predicted octanol–water partition coefficient (Wildman–Crippen LogP) is 2.68. The number of carbonyl (C=O) groups is 1. The van der Waals surface area contributed by atoms with Gasteiger partial charge in [0.25, 0.3) is 26.1 Å². The van der Waals surface area contributed by atoms with E-state index in [1.54, 1.807) is 13.0 Å². The summed E-state index contributed by atoms with van der Waals surface area (Å²) in [7, 11) is -18.5. The van der Waals surface area contributed by atoms with E-state index in [0.717, 1.165) is 12.1 Å². The average Bonchev–Trinajstić information content (AvgIpc) is 3.08. The third kappa shape index (κ3) is 15.0. The second kappa shape index (κ2) is 20.4. The lowest BCUT2D eigenvalue weighted by Gasteiger charge is -2.11. The lowest BCUT2D eigenvalue weighted by molar-refractivity contribution is -0.135. The summed E-state index contributed by atoms with van der Waals surface area (Å²) < 4.78 is 131. The predicted molar refractivity (Wildman–Crippen MR) is 199 cm³/mol. The first-order valence-corrected chi connectivity index (χ1v) is 21.8. The Morgan fingerprint density at radius 3 is 2.16 bits per heavy atom. The molecule has 0 saturated heterocycles. The second-order valence-electron chi connectivity index (χ2n) is 10.4. The highest BCUT2D eigenvalue weighted by atomic mass is 32.3. The quantitative estimate of drug-likeness (QED) is 0.0156. The Labute approximate surface area is 324 Å². The van der Waals surface area contributed by atoms with E-state index in [4.69, 9.17) is 20.8 Å². The number of nitrogen functional groups attached to an aromatic ring is 2. The maximum absolute atomic E-state index is 12.7. The van der Waals surface area contributed by atoms with E-state index >= 15 is 0 Å². The van der Waals surface area contributed by atoms with Crippen molar-refractivity contribution >= 4 is 92.3 Å². The molecule has 0 radical (unpaired) electrons. The third-order valence-corrected chi connectivity index (χ3v) is 10.9. The highest BCUT2D eigenvalue weighted by Crippen LogP contribution is 2.43. The first-order chi connectivity index (χ1) is 25.6. The number of benzene rings is 3. The van der Waals surface area contributed by atoms with Crippen LogP contribution >= 0.6 is 11.8 Å². The number of azo groups is 2. The molecule has 23 nitrogen and oxygen atoms in total. The van der Waals surface area contributed by atoms with Crippen LogP contribution in [-0.2, 0) is 54.4 Å². The maximum Gasteiger partial charge on any atom is 0.433 e. The van der Waals surface area contributed by atoms with Crippen molar-refractivity contribution in [3.63, 3.8) is 0 Å². The van der Waals surface area contributed by atoms with E-state index in [1.807, 2.05) is 0 Å². The van der Waals surface area contributed by atoms with Gasteiger partial charge < -0.3 is 27.0 Å². The molecule has 10 N–H and O–H groups in total. The van der Waals surface area contributed by atoms with E-state index in [1.165, 1.54) is 30.3 Å². The van der Waals surface area contributed by atoms with Gasteiger partial charge >= 0.3 is 10.4 Å². The zero-order valence-corrected chi connectivity index (χ0v) is 32.7. The minimum Gasteiger partial charge on any atom is -0.412 e. The molecule has 0 aliphatic rings. The molecule has 0 fully saturated rings. The van der Waals surface area contributed by atoms with E-state index in [0.29, 0.717) is 37.5 Å². The minimum absolute atomic E-state index is 0. The van der Waals surface area contributed by atoms with Gasteiger partial charge in [-0.1, -0.05) is 6.07 Å². The van der Waals surface area contributed by atoms with Crippen LogP contribution in [0.2, 0.25) is 0 Å². The van der Waals surface area contributed by atoms with Crippen molar-refractivity contribution in [2.45, 2.75) is 28.0 Å². The van der Waals surface area contributed by atoms with E-state index < -0.39 is 84.6 Å². The SMILES string of the molecule is CCOCCCS(=O)(=O)CCNC(=O)c1cccc(N=Nc2c(N)c(N=Nc3ccc(SC#COOS(=O)(=O)O)cc3S(=O)(=O)O)cc(S(=O)(=O)O)c2N)c1.O. The van der Waals surface area contributed by atoms with Gasteiger partial charge in [0.1, 0.15) is 26.9 Å². The Hall–Kier alpha value is -4.80. The van der Waals surface area contributed by atoms with Crippen molar-refractivity contribution in [1.29, 1.82) is 0 Å². The molecule has 56 heavy (non-hydrogen) atoms. The summed E-state index contributed by atoms with van der Waals surface area (Å²) in [5, 5.41) is 20.0. The van der Waals surface area contributed by atoms with Gasteiger partial charge in [0.05, 0.1) is 28.6 Å². The number of hydrogen-bond acceptors (Lipinski definition) is 19. The van der Waals surface area contributed by atoms with Crippen LogP contribution in [0.3, 0.4) is 0 Å². The van der Waals surface area contributed by atoms with Crippen LogP contribution in [0.5, 0.6) is 0 Å². The number of carbonyl (C=O) groups excluding carboxylic acids is 1. The van der Waals surface area contributed by atoms with Crippen LogP contribution in [0.4, 0.5) is 34.1 Å². The summed E-state index contributed by atoms with van der Waals surface area (Å²) in [6.45, 7) is 2.36. The zero-order chi connectivity index (χ0) is 41.0. The number of hydrogen-bond donors (Lipinski definition) is 6. The van der Waals surface area contributed by atoms with Crippen LogP contribution in [-0.4, -0.2) is 90.0 Å². The van der Waals surface area contributed by atoms with Crippen molar-refractivity contribution in [2.75, 3.05) is 42.7 Å². The number of nitrogens with zero attached hydrogens (tertiary/aromatic N) is 4. The summed E-state index contributed by atoms with van der Waals surface area (Å²) in [5.74, 6) is -1.05. The molecule has 0 aliphatic carbocycles. The highest BCUT2D eigenvalue weighted by molar-refractivity contribution is 8.04. The summed E-state index contributed by atoms with van der Waals surface area (Å²) in [5.41, 5.74) is 9.48. The van der Waals surface area contributed by atoms with Crippen molar-refractivity contribution in [3.8, 4) is 11.4 Å². The van der Waals surface area contributed by atoms with Gasteiger partial charge in [0.2, 0.25) is 0 Å². The molecule has 306 valence electrons. The zero-order valence-electron chi connectivity index (χ0n) is 28.6. The van der Waals surface area contributed by atoms with Gasteiger partial charge in [-0.15, -0.1) is 15.3 Å². The molecule has 1 amide bonds. The van der Waals surface area contributed by atoms with Crippen molar-refractivity contribution < 1.29 is 71.6 Å². The topological polar surface area (TPSA) is 387 Å². The fourth-order valence-electron chi connectivity index (χ4n) is 4.04. The molecule has 28 heteroatoms. The molecular formula is C28H33N7O16S5. The molecule has 0 saturated carbocycles. The monoisotopic (exact) mass is 883 g/mol. The minimum atomic E-state index is -5.07. The van der Waals surface area contributed by atoms with Gasteiger partial charge in [-0.05, 0) is 71.9 Å². The number of anilines is 2. The largest absolute Gasteiger partial charge is 0.433 e. The Morgan fingerprint density at radius 2 is 1.52 bits per heavy atom. The smallest absolute Gasteiger partial charge is 0.412 e. The normalized spacial score (nSPS) is 12.2. The number of ether oxygens (including phenoxy) is 1. The number of nitrogens with one attached hydrogen (secondary N) is 1. The fourth-order valence-corrected chi connectivity index (χ4v) is 7.20. The molecule has 0 atom stereocenters. The number of nitrogens with two attached hydrogens (primary N) is 2. The first-order valence-electron chi connectivity index (χ1n) is 14.9. The first kappa shape index (κ1) is 47.4. The standard InChI is InChI=1S/C28H31N7O15S5.H2O/c1-2-48-10-4-13-52(37,38)14-9-31-28(36)18-5-3-6-19(15-18)32-35-27-25(29)22(17-24(26(27)30)54(42,43)44)34-33-21-8-7-20(16-23(21)53(39,40)41)51-12-11-49-50-55(45,46)47;/h3,5-8,15-17H,2,4,9-10,13-14,29-30H2,1H3,(H,31,36)(H,39,40,41)(H,42,43,44)(H,45,46,47);1H2.